The molecule has 5 atom stereocenters. The van der Waals surface area contributed by atoms with Gasteiger partial charge in [0.2, 0.25) is 0 Å². The molecule has 0 radical (unpaired) electrons. The zero-order valence-electron chi connectivity index (χ0n) is 8.57. The highest BCUT2D eigenvalue weighted by Crippen LogP contribution is 2.47. The van der Waals surface area contributed by atoms with Gasteiger partial charge in [-0.15, -0.1) is 0 Å². The lowest BCUT2D eigenvalue weighted by Gasteiger charge is -2.34. The van der Waals surface area contributed by atoms with Crippen LogP contribution in [0.3, 0.4) is 0 Å². The van der Waals surface area contributed by atoms with Crippen LogP contribution in [0.4, 0.5) is 0 Å². The number of nitroso groups, excluding NO2 is 1. The average Bonchev–Trinajstić information content (AvgIpc) is 2.48. The number of nitrogens with zero attached hydrogens (tertiary/aromatic N) is 1. The van der Waals surface area contributed by atoms with Gasteiger partial charge in [0.25, 0.3) is 0 Å². The molecule has 2 fully saturated rings. The van der Waals surface area contributed by atoms with Crippen molar-refractivity contribution in [3.05, 3.63) is 4.91 Å². The second-order valence-electron chi connectivity index (χ2n) is 5.18. The van der Waals surface area contributed by atoms with E-state index in [1.54, 1.807) is 0 Å². The molecule has 0 saturated heterocycles. The summed E-state index contributed by atoms with van der Waals surface area (Å²) in [5.41, 5.74) is 0. The first-order chi connectivity index (χ1) is 6.20. The molecule has 2 aliphatic rings. The first-order valence-electron chi connectivity index (χ1n) is 5.53. The first kappa shape index (κ1) is 9.17. The summed E-state index contributed by atoms with van der Waals surface area (Å²) >= 11 is 0. The zero-order valence-corrected chi connectivity index (χ0v) is 8.57. The van der Waals surface area contributed by atoms with Gasteiger partial charge in [0.1, 0.15) is 0 Å². The van der Waals surface area contributed by atoms with Crippen molar-refractivity contribution >= 4 is 0 Å². The van der Waals surface area contributed by atoms with Crippen molar-refractivity contribution in [3.8, 4) is 0 Å². The molecule has 0 aromatic rings. The van der Waals surface area contributed by atoms with Gasteiger partial charge in [-0.05, 0) is 49.4 Å². The van der Waals surface area contributed by atoms with Crippen LogP contribution in [0.25, 0.3) is 0 Å². The third-order valence-electron chi connectivity index (χ3n) is 4.29. The molecule has 0 spiro atoms. The van der Waals surface area contributed by atoms with E-state index in [0.29, 0.717) is 0 Å². The topological polar surface area (TPSA) is 29.4 Å². The van der Waals surface area contributed by atoms with Crippen molar-refractivity contribution in [2.45, 2.75) is 45.6 Å². The summed E-state index contributed by atoms with van der Waals surface area (Å²) in [5.74, 6) is 3.33. The summed E-state index contributed by atoms with van der Waals surface area (Å²) in [6.07, 6.45) is 4.81. The van der Waals surface area contributed by atoms with Gasteiger partial charge in [-0.2, -0.15) is 4.91 Å². The minimum atomic E-state index is 0.146. The van der Waals surface area contributed by atoms with E-state index in [1.165, 1.54) is 12.8 Å². The molecule has 2 saturated carbocycles. The highest BCUT2D eigenvalue weighted by Gasteiger charge is 2.40. The lowest BCUT2D eigenvalue weighted by atomic mass is 9.71. The maximum atomic E-state index is 10.5. The molecule has 0 amide bonds. The molecule has 74 valence electrons. The fraction of sp³-hybridized carbons (Fsp3) is 1.00. The molecule has 2 rings (SSSR count). The second kappa shape index (κ2) is 3.39. The van der Waals surface area contributed by atoms with Gasteiger partial charge >= 0.3 is 0 Å². The van der Waals surface area contributed by atoms with Crippen LogP contribution in [-0.2, 0) is 0 Å². The van der Waals surface area contributed by atoms with Gasteiger partial charge in [-0.3, -0.25) is 0 Å². The van der Waals surface area contributed by atoms with Crippen LogP contribution in [0, 0.1) is 28.6 Å². The van der Waals surface area contributed by atoms with Crippen molar-refractivity contribution < 1.29 is 0 Å². The molecule has 0 aromatic carbocycles. The first-order valence-corrected chi connectivity index (χ1v) is 5.53. The van der Waals surface area contributed by atoms with Gasteiger partial charge in [-0.25, -0.2) is 0 Å². The molecular weight excluding hydrogens is 162 g/mol. The quantitative estimate of drug-likeness (QED) is 0.571. The Labute approximate surface area is 80.1 Å². The lowest BCUT2D eigenvalue weighted by molar-refractivity contribution is 0.157. The maximum Gasteiger partial charge on any atom is 0.0925 e. The normalized spacial score (nSPS) is 50.2. The molecular formula is C11H19NO. The fourth-order valence-corrected chi connectivity index (χ4v) is 3.26. The maximum absolute atomic E-state index is 10.5. The summed E-state index contributed by atoms with van der Waals surface area (Å²) in [4.78, 5) is 10.5. The highest BCUT2D eigenvalue weighted by atomic mass is 16.3. The third kappa shape index (κ3) is 1.63. The van der Waals surface area contributed by atoms with E-state index in [2.05, 4.69) is 19.0 Å². The van der Waals surface area contributed by atoms with E-state index in [1.807, 2.05) is 0 Å². The van der Waals surface area contributed by atoms with Crippen LogP contribution < -0.4 is 0 Å². The predicted molar refractivity (Wildman–Crippen MR) is 53.4 cm³/mol. The van der Waals surface area contributed by atoms with Crippen LogP contribution in [0.15, 0.2) is 5.18 Å². The Bertz CT molecular complexity index is 186. The van der Waals surface area contributed by atoms with Crippen molar-refractivity contribution in [3.63, 3.8) is 0 Å². The predicted octanol–water partition coefficient (Wildman–Crippen LogP) is 3.21. The number of rotatable bonds is 1. The summed E-state index contributed by atoms with van der Waals surface area (Å²) in [6, 6.07) is 0.146. The van der Waals surface area contributed by atoms with E-state index >= 15 is 0 Å². The molecule has 0 N–H and O–H groups in total. The Morgan fingerprint density at radius 3 is 1.77 bits per heavy atom. The largest absolute Gasteiger partial charge is 0.151 e. The number of hydrogen-bond acceptors (Lipinski definition) is 2. The molecule has 0 heterocycles. The molecule has 4 unspecified atom stereocenters. The Morgan fingerprint density at radius 1 is 0.923 bits per heavy atom. The van der Waals surface area contributed by atoms with Gasteiger partial charge < -0.3 is 0 Å². The minimum absolute atomic E-state index is 0.146. The summed E-state index contributed by atoms with van der Waals surface area (Å²) < 4.78 is 0. The molecule has 2 aliphatic carbocycles. The summed E-state index contributed by atoms with van der Waals surface area (Å²) in [6.45, 7) is 4.70. The van der Waals surface area contributed by atoms with Crippen molar-refractivity contribution in [2.24, 2.45) is 28.8 Å². The van der Waals surface area contributed by atoms with Crippen molar-refractivity contribution in [2.75, 3.05) is 0 Å². The van der Waals surface area contributed by atoms with E-state index in [4.69, 9.17) is 0 Å². The van der Waals surface area contributed by atoms with Crippen LogP contribution in [0.5, 0.6) is 0 Å². The van der Waals surface area contributed by atoms with Crippen molar-refractivity contribution in [1.29, 1.82) is 0 Å². The fourth-order valence-electron chi connectivity index (χ4n) is 3.26. The lowest BCUT2D eigenvalue weighted by Crippen LogP contribution is -2.25. The molecule has 0 aromatic heterocycles. The van der Waals surface area contributed by atoms with E-state index in [0.717, 1.165) is 36.5 Å². The monoisotopic (exact) mass is 181 g/mol. The Hall–Kier alpha value is -0.400. The zero-order chi connectivity index (χ0) is 9.42. The molecule has 0 aliphatic heterocycles. The highest BCUT2D eigenvalue weighted by molar-refractivity contribution is 4.92. The van der Waals surface area contributed by atoms with Crippen molar-refractivity contribution in [1.82, 2.24) is 0 Å². The SMILES string of the molecule is CC1CC2CC(N=O)CC2C[C@H]1C. The molecule has 2 nitrogen and oxygen atoms in total. The van der Waals surface area contributed by atoms with Gasteiger partial charge in [-0.1, -0.05) is 19.0 Å². The third-order valence-corrected chi connectivity index (χ3v) is 4.29. The van der Waals surface area contributed by atoms with E-state index in [-0.39, 0.29) is 6.04 Å². The minimum Gasteiger partial charge on any atom is -0.151 e. The molecule has 2 heteroatoms. The Balaban J connectivity index is 2.01. The average molecular weight is 181 g/mol. The van der Waals surface area contributed by atoms with Crippen LogP contribution in [0.2, 0.25) is 0 Å². The van der Waals surface area contributed by atoms with Gasteiger partial charge in [0.15, 0.2) is 0 Å². The number of fused-ring (bicyclic) bond motifs is 1. The summed E-state index contributed by atoms with van der Waals surface area (Å²) in [7, 11) is 0. The number of hydrogen-bond donors (Lipinski definition) is 0. The van der Waals surface area contributed by atoms with Crippen LogP contribution in [-0.4, -0.2) is 6.04 Å². The van der Waals surface area contributed by atoms with Crippen LogP contribution in [0.1, 0.15) is 39.5 Å². The smallest absolute Gasteiger partial charge is 0.0925 e. The van der Waals surface area contributed by atoms with Gasteiger partial charge in [0.05, 0.1) is 6.04 Å². The molecule has 13 heavy (non-hydrogen) atoms. The van der Waals surface area contributed by atoms with E-state index in [9.17, 15) is 4.91 Å². The summed E-state index contributed by atoms with van der Waals surface area (Å²) in [5, 5.41) is 3.21. The standard InChI is InChI=1S/C11H19NO/c1-7-3-9-5-11(12-13)6-10(9)4-8(7)2/h7-11H,3-6H2,1-2H3/t7-,8?,9?,10?,11?/m1/s1. The Morgan fingerprint density at radius 2 is 1.38 bits per heavy atom. The van der Waals surface area contributed by atoms with Crippen LogP contribution >= 0.6 is 0 Å². The molecule has 0 bridgehead atoms. The second-order valence-corrected chi connectivity index (χ2v) is 5.18. The van der Waals surface area contributed by atoms with E-state index < -0.39 is 0 Å². The Kier molecular flexibility index (Phi) is 2.39. The van der Waals surface area contributed by atoms with Gasteiger partial charge in [0, 0.05) is 0 Å².